The Kier molecular flexibility index (Phi) is 4.26. The van der Waals surface area contributed by atoms with Gasteiger partial charge in [-0.2, -0.15) is 0 Å². The smallest absolute Gasteiger partial charge is 0.0325 e. The Bertz CT molecular complexity index is 299. The van der Waals surface area contributed by atoms with Crippen LogP contribution < -0.4 is 10.6 Å². The van der Waals surface area contributed by atoms with Crippen molar-refractivity contribution in [3.8, 4) is 0 Å². The predicted octanol–water partition coefficient (Wildman–Crippen LogP) is 1.65. The van der Waals surface area contributed by atoms with Crippen molar-refractivity contribution in [2.24, 2.45) is 11.8 Å². The normalized spacial score (nSPS) is 39.5. The van der Waals surface area contributed by atoms with E-state index < -0.39 is 0 Å². The first kappa shape index (κ1) is 12.6. The fraction of sp³-hybridized carbons (Fsp3) is 0.455. The van der Waals surface area contributed by atoms with Gasteiger partial charge in [-0.1, -0.05) is 30.4 Å². The van der Waals surface area contributed by atoms with E-state index in [2.05, 4.69) is 47.2 Å². The minimum Gasteiger partial charge on any atom is -0.391 e. The Labute approximate surface area is 103 Å². The van der Waals surface area contributed by atoms with Gasteiger partial charge in [0.05, 0.1) is 0 Å². The molecule has 4 heteroatoms. The Morgan fingerprint density at radius 3 is 2.60 bits per heavy atom. The van der Waals surface area contributed by atoms with Gasteiger partial charge in [0.2, 0.25) is 0 Å². The summed E-state index contributed by atoms with van der Waals surface area (Å²) in [4.78, 5) is 0. The van der Waals surface area contributed by atoms with Gasteiger partial charge in [-0.15, -0.1) is 24.8 Å². The minimum atomic E-state index is 0. The number of fused-ring (bicyclic) bond motifs is 3. The molecule has 0 amide bonds. The monoisotopic (exact) mass is 246 g/mol. The molecule has 2 N–H and O–H groups in total. The van der Waals surface area contributed by atoms with E-state index in [1.807, 2.05) is 0 Å². The molecule has 3 aliphatic rings. The number of halogens is 2. The highest BCUT2D eigenvalue weighted by atomic mass is 35.5. The van der Waals surface area contributed by atoms with Crippen LogP contribution in [0.5, 0.6) is 0 Å². The topological polar surface area (TPSA) is 24.1 Å². The van der Waals surface area contributed by atoms with Gasteiger partial charge in [0.25, 0.3) is 0 Å². The Hall–Kier alpha value is -0.440. The zero-order valence-electron chi connectivity index (χ0n) is 8.30. The lowest BCUT2D eigenvalue weighted by Gasteiger charge is -2.24. The zero-order valence-corrected chi connectivity index (χ0v) is 9.93. The van der Waals surface area contributed by atoms with Crippen LogP contribution in [0.25, 0.3) is 0 Å². The van der Waals surface area contributed by atoms with Crippen LogP contribution in [0.3, 0.4) is 0 Å². The summed E-state index contributed by atoms with van der Waals surface area (Å²) in [5.41, 5.74) is 0. The molecular formula is C11H16Cl2N2. The average molecular weight is 247 g/mol. The standard InChI is InChI=1S/C11H14N2.2ClH/c1-2-4-10-8(3-1)9-7-12-6-5-11(9)13-10;;/h1-6,8-13H,7H2;2*1H. The summed E-state index contributed by atoms with van der Waals surface area (Å²) in [6.45, 7) is 1.10. The van der Waals surface area contributed by atoms with Crippen LogP contribution in [0.2, 0.25) is 0 Å². The molecule has 0 radical (unpaired) electrons. The number of hydrogen-bond donors (Lipinski definition) is 2. The fourth-order valence-corrected chi connectivity index (χ4v) is 2.62. The van der Waals surface area contributed by atoms with E-state index >= 15 is 0 Å². The Morgan fingerprint density at radius 2 is 1.73 bits per heavy atom. The summed E-state index contributed by atoms with van der Waals surface area (Å²) >= 11 is 0. The van der Waals surface area contributed by atoms with Gasteiger partial charge in [0, 0.05) is 30.5 Å². The van der Waals surface area contributed by atoms with E-state index in [1.54, 1.807) is 0 Å². The number of nitrogens with one attached hydrogen (secondary N) is 2. The molecule has 3 rings (SSSR count). The molecule has 84 valence electrons. The predicted molar refractivity (Wildman–Crippen MR) is 67.6 cm³/mol. The van der Waals surface area contributed by atoms with Crippen LogP contribution in [0.1, 0.15) is 0 Å². The molecular weight excluding hydrogens is 231 g/mol. The van der Waals surface area contributed by atoms with E-state index in [0.717, 1.165) is 12.5 Å². The fourth-order valence-electron chi connectivity index (χ4n) is 2.62. The van der Waals surface area contributed by atoms with Gasteiger partial charge in [0.1, 0.15) is 0 Å². The molecule has 0 saturated carbocycles. The van der Waals surface area contributed by atoms with Crippen LogP contribution in [0, 0.1) is 11.8 Å². The van der Waals surface area contributed by atoms with E-state index in [9.17, 15) is 0 Å². The molecule has 2 heterocycles. The van der Waals surface area contributed by atoms with Crippen molar-refractivity contribution >= 4 is 24.8 Å². The quantitative estimate of drug-likeness (QED) is 0.680. The molecule has 0 aromatic rings. The second-order valence-electron chi connectivity index (χ2n) is 4.00. The maximum Gasteiger partial charge on any atom is 0.0325 e. The molecule has 0 aromatic heterocycles. The van der Waals surface area contributed by atoms with Gasteiger partial charge in [-0.25, -0.2) is 0 Å². The van der Waals surface area contributed by atoms with Crippen molar-refractivity contribution in [3.05, 3.63) is 36.6 Å². The highest BCUT2D eigenvalue weighted by Gasteiger charge is 2.40. The van der Waals surface area contributed by atoms with Crippen LogP contribution >= 0.6 is 24.8 Å². The minimum absolute atomic E-state index is 0. The van der Waals surface area contributed by atoms with Gasteiger partial charge >= 0.3 is 0 Å². The molecule has 0 spiro atoms. The molecule has 0 bridgehead atoms. The Morgan fingerprint density at radius 1 is 0.933 bits per heavy atom. The summed E-state index contributed by atoms with van der Waals surface area (Å²) in [6, 6.07) is 1.13. The summed E-state index contributed by atoms with van der Waals surface area (Å²) in [5.74, 6) is 1.42. The summed E-state index contributed by atoms with van der Waals surface area (Å²) in [6.07, 6.45) is 13.2. The molecule has 2 nitrogen and oxygen atoms in total. The SMILES string of the molecule is C1=CC2NC3C=CNCC3C2C=C1.Cl.Cl. The molecule has 0 aromatic carbocycles. The van der Waals surface area contributed by atoms with Crippen molar-refractivity contribution in [2.45, 2.75) is 12.1 Å². The number of allylic oxidation sites excluding steroid dienone is 2. The van der Waals surface area contributed by atoms with Gasteiger partial charge < -0.3 is 10.6 Å². The third kappa shape index (κ3) is 2.07. The van der Waals surface area contributed by atoms with Crippen molar-refractivity contribution < 1.29 is 0 Å². The maximum atomic E-state index is 3.63. The first-order valence-electron chi connectivity index (χ1n) is 4.96. The van der Waals surface area contributed by atoms with Crippen molar-refractivity contribution in [3.63, 3.8) is 0 Å². The van der Waals surface area contributed by atoms with E-state index in [1.165, 1.54) is 0 Å². The van der Waals surface area contributed by atoms with Crippen LogP contribution in [-0.4, -0.2) is 18.6 Å². The molecule has 1 fully saturated rings. The summed E-state index contributed by atoms with van der Waals surface area (Å²) in [7, 11) is 0. The molecule has 4 atom stereocenters. The lowest BCUT2D eigenvalue weighted by atomic mass is 9.84. The summed E-state index contributed by atoms with van der Waals surface area (Å²) in [5, 5.41) is 6.94. The Balaban J connectivity index is 0.000000562. The molecule has 4 unspecified atom stereocenters. The number of hydrogen-bond acceptors (Lipinski definition) is 2. The van der Waals surface area contributed by atoms with Gasteiger partial charge in [0.15, 0.2) is 0 Å². The zero-order chi connectivity index (χ0) is 8.67. The second-order valence-corrected chi connectivity index (χ2v) is 4.00. The largest absolute Gasteiger partial charge is 0.391 e. The van der Waals surface area contributed by atoms with Gasteiger partial charge in [-0.3, -0.25) is 0 Å². The molecule has 1 saturated heterocycles. The lowest BCUT2D eigenvalue weighted by Crippen LogP contribution is -2.35. The van der Waals surface area contributed by atoms with Crippen LogP contribution in [0.4, 0.5) is 0 Å². The molecule has 1 aliphatic carbocycles. The molecule has 2 aliphatic heterocycles. The third-order valence-electron chi connectivity index (χ3n) is 3.29. The van der Waals surface area contributed by atoms with Crippen LogP contribution in [0.15, 0.2) is 36.6 Å². The first-order chi connectivity index (χ1) is 6.45. The van der Waals surface area contributed by atoms with E-state index in [-0.39, 0.29) is 24.8 Å². The lowest BCUT2D eigenvalue weighted by molar-refractivity contribution is 0.412. The van der Waals surface area contributed by atoms with E-state index in [0.29, 0.717) is 18.0 Å². The van der Waals surface area contributed by atoms with Gasteiger partial charge in [-0.05, 0) is 6.20 Å². The highest BCUT2D eigenvalue weighted by Crippen LogP contribution is 2.32. The van der Waals surface area contributed by atoms with E-state index in [4.69, 9.17) is 0 Å². The highest BCUT2D eigenvalue weighted by molar-refractivity contribution is 5.85. The molecule has 15 heavy (non-hydrogen) atoms. The third-order valence-corrected chi connectivity index (χ3v) is 3.29. The van der Waals surface area contributed by atoms with Crippen molar-refractivity contribution in [2.75, 3.05) is 6.54 Å². The summed E-state index contributed by atoms with van der Waals surface area (Å²) < 4.78 is 0. The van der Waals surface area contributed by atoms with Crippen molar-refractivity contribution in [1.29, 1.82) is 0 Å². The maximum absolute atomic E-state index is 3.63. The average Bonchev–Trinajstić information content (AvgIpc) is 2.56. The first-order valence-corrected chi connectivity index (χ1v) is 4.96. The number of rotatable bonds is 0. The van der Waals surface area contributed by atoms with Crippen LogP contribution in [-0.2, 0) is 0 Å². The second kappa shape index (κ2) is 5.06. The van der Waals surface area contributed by atoms with Crippen molar-refractivity contribution in [1.82, 2.24) is 10.6 Å².